The highest BCUT2D eigenvalue weighted by atomic mass is 16.3. The van der Waals surface area contributed by atoms with Crippen molar-refractivity contribution in [1.29, 1.82) is 0 Å². The van der Waals surface area contributed by atoms with Gasteiger partial charge in [-0.15, -0.1) is 0 Å². The minimum absolute atomic E-state index is 0.177. The Kier molecular flexibility index (Phi) is 6.57. The Morgan fingerprint density at radius 2 is 1.52 bits per heavy atom. The fourth-order valence-electron chi connectivity index (χ4n) is 3.24. The Labute approximate surface area is 149 Å². The molecule has 0 aliphatic heterocycles. The standard InChI is InChI=1S/C22H26N2O/c25-16-15-23-13-14-24-22(17-18-7-2-1-3-8-18)21-12-6-10-19-9-4-5-11-20(19)21/h1-12,22-25H,13-17H2. The Morgan fingerprint density at radius 1 is 0.760 bits per heavy atom. The molecule has 0 heterocycles. The second kappa shape index (κ2) is 9.33. The van der Waals surface area contributed by atoms with Gasteiger partial charge in [0.2, 0.25) is 0 Å². The normalized spacial score (nSPS) is 12.4. The summed E-state index contributed by atoms with van der Waals surface area (Å²) in [7, 11) is 0. The Morgan fingerprint density at radius 3 is 2.36 bits per heavy atom. The highest BCUT2D eigenvalue weighted by molar-refractivity contribution is 5.86. The fourth-order valence-corrected chi connectivity index (χ4v) is 3.24. The minimum atomic E-state index is 0.177. The summed E-state index contributed by atoms with van der Waals surface area (Å²) in [4.78, 5) is 0. The van der Waals surface area contributed by atoms with Crippen molar-refractivity contribution < 1.29 is 5.11 Å². The molecule has 1 unspecified atom stereocenters. The second-order valence-electron chi connectivity index (χ2n) is 6.24. The lowest BCUT2D eigenvalue weighted by atomic mass is 9.94. The van der Waals surface area contributed by atoms with Crippen LogP contribution >= 0.6 is 0 Å². The van der Waals surface area contributed by atoms with E-state index in [4.69, 9.17) is 5.11 Å². The van der Waals surface area contributed by atoms with E-state index >= 15 is 0 Å². The molecule has 0 aliphatic rings. The number of hydrogen-bond donors (Lipinski definition) is 3. The maximum absolute atomic E-state index is 8.88. The summed E-state index contributed by atoms with van der Waals surface area (Å²) >= 11 is 0. The average molecular weight is 334 g/mol. The fraction of sp³-hybridized carbons (Fsp3) is 0.273. The zero-order valence-electron chi connectivity index (χ0n) is 14.5. The van der Waals surface area contributed by atoms with Crippen molar-refractivity contribution in [1.82, 2.24) is 10.6 Å². The molecule has 0 radical (unpaired) electrons. The Hall–Kier alpha value is -2.20. The molecular formula is C22H26N2O. The number of hydrogen-bond acceptors (Lipinski definition) is 3. The SMILES string of the molecule is OCCNCCNC(Cc1ccccc1)c1cccc2ccccc12. The van der Waals surface area contributed by atoms with Gasteiger partial charge in [0.1, 0.15) is 0 Å². The summed E-state index contributed by atoms with van der Waals surface area (Å²) in [5.41, 5.74) is 2.67. The van der Waals surface area contributed by atoms with Gasteiger partial charge in [-0.3, -0.25) is 0 Å². The van der Waals surface area contributed by atoms with Gasteiger partial charge in [-0.1, -0.05) is 72.8 Å². The predicted molar refractivity (Wildman–Crippen MR) is 105 cm³/mol. The molecule has 130 valence electrons. The second-order valence-corrected chi connectivity index (χ2v) is 6.24. The van der Waals surface area contributed by atoms with E-state index in [1.165, 1.54) is 21.9 Å². The Bertz CT molecular complexity index is 768. The molecule has 0 amide bonds. The van der Waals surface area contributed by atoms with E-state index in [0.29, 0.717) is 6.54 Å². The summed E-state index contributed by atoms with van der Waals surface area (Å²) in [6, 6.07) is 26.0. The third kappa shape index (κ3) is 4.89. The van der Waals surface area contributed by atoms with E-state index in [2.05, 4.69) is 83.4 Å². The molecule has 0 aromatic heterocycles. The Balaban J connectivity index is 1.81. The highest BCUT2D eigenvalue weighted by Gasteiger charge is 2.14. The molecule has 3 N–H and O–H groups in total. The van der Waals surface area contributed by atoms with E-state index in [1.54, 1.807) is 0 Å². The van der Waals surface area contributed by atoms with Crippen LogP contribution in [0.25, 0.3) is 10.8 Å². The van der Waals surface area contributed by atoms with Crippen molar-refractivity contribution in [3.8, 4) is 0 Å². The van der Waals surface area contributed by atoms with Crippen molar-refractivity contribution in [2.45, 2.75) is 12.5 Å². The van der Waals surface area contributed by atoms with Crippen molar-refractivity contribution in [2.24, 2.45) is 0 Å². The number of rotatable bonds is 9. The molecule has 1 atom stereocenters. The molecule has 0 aliphatic carbocycles. The zero-order valence-corrected chi connectivity index (χ0v) is 14.5. The van der Waals surface area contributed by atoms with Crippen molar-refractivity contribution in [3.05, 3.63) is 83.9 Å². The van der Waals surface area contributed by atoms with Crippen LogP contribution in [0.5, 0.6) is 0 Å². The van der Waals surface area contributed by atoms with Crippen molar-refractivity contribution in [2.75, 3.05) is 26.2 Å². The van der Waals surface area contributed by atoms with Gasteiger partial charge < -0.3 is 15.7 Å². The lowest BCUT2D eigenvalue weighted by molar-refractivity contribution is 0.292. The summed E-state index contributed by atoms with van der Waals surface area (Å²) in [5, 5.41) is 18.4. The smallest absolute Gasteiger partial charge is 0.0555 e. The van der Waals surface area contributed by atoms with Gasteiger partial charge in [-0.25, -0.2) is 0 Å². The van der Waals surface area contributed by atoms with Crippen LogP contribution in [0.2, 0.25) is 0 Å². The summed E-state index contributed by atoms with van der Waals surface area (Å²) in [6.07, 6.45) is 0.953. The largest absolute Gasteiger partial charge is 0.395 e. The van der Waals surface area contributed by atoms with Crippen LogP contribution in [-0.2, 0) is 6.42 Å². The summed E-state index contributed by atoms with van der Waals surface area (Å²) in [6.45, 7) is 2.52. The van der Waals surface area contributed by atoms with E-state index in [1.807, 2.05) is 0 Å². The number of nitrogens with one attached hydrogen (secondary N) is 2. The van der Waals surface area contributed by atoms with Gasteiger partial charge in [0, 0.05) is 25.7 Å². The average Bonchev–Trinajstić information content (AvgIpc) is 2.67. The molecule has 3 aromatic carbocycles. The summed E-state index contributed by atoms with van der Waals surface area (Å²) in [5.74, 6) is 0. The third-order valence-electron chi connectivity index (χ3n) is 4.46. The first-order chi connectivity index (χ1) is 12.4. The first-order valence-electron chi connectivity index (χ1n) is 8.95. The summed E-state index contributed by atoms with van der Waals surface area (Å²) < 4.78 is 0. The first kappa shape index (κ1) is 17.6. The van der Waals surface area contributed by atoms with Crippen molar-refractivity contribution in [3.63, 3.8) is 0 Å². The maximum atomic E-state index is 8.88. The van der Waals surface area contributed by atoms with Crippen LogP contribution in [0.1, 0.15) is 17.2 Å². The molecule has 25 heavy (non-hydrogen) atoms. The number of aliphatic hydroxyl groups is 1. The lowest BCUT2D eigenvalue weighted by Gasteiger charge is -2.21. The van der Waals surface area contributed by atoms with E-state index < -0.39 is 0 Å². The van der Waals surface area contributed by atoms with E-state index in [-0.39, 0.29) is 12.6 Å². The molecule has 0 spiro atoms. The van der Waals surface area contributed by atoms with Gasteiger partial charge in [0.15, 0.2) is 0 Å². The first-order valence-corrected chi connectivity index (χ1v) is 8.95. The minimum Gasteiger partial charge on any atom is -0.395 e. The number of fused-ring (bicyclic) bond motifs is 1. The van der Waals surface area contributed by atoms with Crippen molar-refractivity contribution >= 4 is 10.8 Å². The number of benzene rings is 3. The molecule has 0 bridgehead atoms. The van der Waals surface area contributed by atoms with Gasteiger partial charge >= 0.3 is 0 Å². The number of aliphatic hydroxyl groups excluding tert-OH is 1. The van der Waals surface area contributed by atoms with Crippen LogP contribution in [0.4, 0.5) is 0 Å². The zero-order chi connectivity index (χ0) is 17.3. The van der Waals surface area contributed by atoms with Gasteiger partial charge in [-0.2, -0.15) is 0 Å². The molecule has 3 aromatic rings. The quantitative estimate of drug-likeness (QED) is 0.526. The van der Waals surface area contributed by atoms with Gasteiger partial charge in [0.05, 0.1) is 6.61 Å². The molecule has 0 saturated heterocycles. The van der Waals surface area contributed by atoms with Crippen LogP contribution in [0.15, 0.2) is 72.8 Å². The molecular weight excluding hydrogens is 308 g/mol. The lowest BCUT2D eigenvalue weighted by Crippen LogP contribution is -2.32. The molecule has 0 fully saturated rings. The highest BCUT2D eigenvalue weighted by Crippen LogP contribution is 2.26. The maximum Gasteiger partial charge on any atom is 0.0555 e. The van der Waals surface area contributed by atoms with Crippen LogP contribution in [0, 0.1) is 0 Å². The van der Waals surface area contributed by atoms with Crippen LogP contribution in [-0.4, -0.2) is 31.3 Å². The van der Waals surface area contributed by atoms with Crippen LogP contribution in [0.3, 0.4) is 0 Å². The van der Waals surface area contributed by atoms with Gasteiger partial charge in [0.25, 0.3) is 0 Å². The monoisotopic (exact) mass is 334 g/mol. The third-order valence-corrected chi connectivity index (χ3v) is 4.46. The molecule has 3 nitrogen and oxygen atoms in total. The molecule has 3 rings (SSSR count). The predicted octanol–water partition coefficient (Wildman–Crippen LogP) is 3.30. The van der Waals surface area contributed by atoms with E-state index in [9.17, 15) is 0 Å². The van der Waals surface area contributed by atoms with Crippen LogP contribution < -0.4 is 10.6 Å². The topological polar surface area (TPSA) is 44.3 Å². The molecule has 0 saturated carbocycles. The molecule has 3 heteroatoms. The van der Waals surface area contributed by atoms with E-state index in [0.717, 1.165) is 19.5 Å². The van der Waals surface area contributed by atoms with Gasteiger partial charge in [-0.05, 0) is 28.3 Å².